The molecule has 0 unspecified atom stereocenters. The topological polar surface area (TPSA) is 132 Å². The third kappa shape index (κ3) is 3.13. The van der Waals surface area contributed by atoms with Crippen molar-refractivity contribution in [1.29, 1.82) is 5.26 Å². The summed E-state index contributed by atoms with van der Waals surface area (Å²) in [7, 11) is -4.79. The van der Waals surface area contributed by atoms with E-state index in [1.807, 2.05) is 6.07 Å². The van der Waals surface area contributed by atoms with Gasteiger partial charge in [0.15, 0.2) is 11.6 Å². The number of nitrogens with zero attached hydrogens (tertiary/aromatic N) is 3. The average Bonchev–Trinajstić information content (AvgIpc) is 3.09. The lowest BCUT2D eigenvalue weighted by atomic mass is 10.1. The first-order chi connectivity index (χ1) is 14.2. The minimum absolute atomic E-state index is 0.148. The zero-order valence-electron chi connectivity index (χ0n) is 15.1. The standard InChI is InChI=1S/C18H13F2N5O4S/c19-11-2-4-13-17(15(11)20)30(28,29)25(18(27)24-13)8-14(26)23-12-3-1-10-5-9(6-21)7-22-16(10)12/h2,4-5,7,12H,1,3,8H2,(H,23,26)(H,24,27)/t12-/m1/s1. The van der Waals surface area contributed by atoms with E-state index in [4.69, 9.17) is 5.26 Å². The third-order valence-corrected chi connectivity index (χ3v) is 6.64. The molecule has 2 aromatic rings. The van der Waals surface area contributed by atoms with Crippen molar-refractivity contribution in [3.8, 4) is 6.07 Å². The van der Waals surface area contributed by atoms with E-state index in [0.29, 0.717) is 30.2 Å². The van der Waals surface area contributed by atoms with Crippen LogP contribution in [0.1, 0.15) is 29.3 Å². The van der Waals surface area contributed by atoms with E-state index >= 15 is 0 Å². The molecule has 1 aliphatic carbocycles. The second kappa shape index (κ2) is 7.03. The summed E-state index contributed by atoms with van der Waals surface area (Å²) in [5, 5.41) is 13.7. The molecule has 2 N–H and O–H groups in total. The second-order valence-electron chi connectivity index (χ2n) is 6.72. The highest BCUT2D eigenvalue weighted by Crippen LogP contribution is 2.34. The van der Waals surface area contributed by atoms with Gasteiger partial charge in [-0.15, -0.1) is 0 Å². The van der Waals surface area contributed by atoms with Crippen molar-refractivity contribution in [2.45, 2.75) is 23.8 Å². The molecule has 4 rings (SSSR count). The van der Waals surface area contributed by atoms with E-state index in [9.17, 15) is 26.8 Å². The lowest BCUT2D eigenvalue weighted by Gasteiger charge is -2.28. The van der Waals surface area contributed by atoms with Crippen molar-refractivity contribution >= 4 is 27.6 Å². The largest absolute Gasteiger partial charge is 0.346 e. The molecule has 0 fully saturated rings. The van der Waals surface area contributed by atoms with E-state index in [1.54, 1.807) is 6.07 Å². The van der Waals surface area contributed by atoms with Crippen LogP contribution in [0.25, 0.3) is 0 Å². The fourth-order valence-corrected chi connectivity index (χ4v) is 4.97. The Morgan fingerprint density at radius 3 is 2.90 bits per heavy atom. The Kier molecular flexibility index (Phi) is 4.62. The molecule has 0 radical (unpaired) electrons. The van der Waals surface area contributed by atoms with Gasteiger partial charge in [0, 0.05) is 6.20 Å². The zero-order valence-corrected chi connectivity index (χ0v) is 16.0. The summed E-state index contributed by atoms with van der Waals surface area (Å²) < 4.78 is 53.1. The van der Waals surface area contributed by atoms with Crippen molar-refractivity contribution < 1.29 is 26.8 Å². The molecule has 1 aliphatic heterocycles. The van der Waals surface area contributed by atoms with Gasteiger partial charge in [-0.3, -0.25) is 9.78 Å². The van der Waals surface area contributed by atoms with Crippen LogP contribution in [-0.4, -0.2) is 36.2 Å². The predicted octanol–water partition coefficient (Wildman–Crippen LogP) is 1.57. The van der Waals surface area contributed by atoms with Crippen LogP contribution in [0, 0.1) is 23.0 Å². The van der Waals surface area contributed by atoms with E-state index in [0.717, 1.165) is 11.6 Å². The predicted molar refractivity (Wildman–Crippen MR) is 97.4 cm³/mol. The molecule has 30 heavy (non-hydrogen) atoms. The molecule has 9 nitrogen and oxygen atoms in total. The monoisotopic (exact) mass is 433 g/mol. The number of aromatic nitrogens is 1. The first-order valence-corrected chi connectivity index (χ1v) is 10.2. The van der Waals surface area contributed by atoms with Crippen molar-refractivity contribution in [3.63, 3.8) is 0 Å². The lowest BCUT2D eigenvalue weighted by molar-refractivity contribution is -0.121. The summed E-state index contributed by atoms with van der Waals surface area (Å²) in [6.45, 7) is -0.925. The van der Waals surface area contributed by atoms with E-state index in [1.165, 1.54) is 6.20 Å². The van der Waals surface area contributed by atoms with Crippen LogP contribution in [0.5, 0.6) is 0 Å². The van der Waals surface area contributed by atoms with Crippen LogP contribution < -0.4 is 10.6 Å². The van der Waals surface area contributed by atoms with Crippen molar-refractivity contribution in [2.24, 2.45) is 0 Å². The average molecular weight is 433 g/mol. The highest BCUT2D eigenvalue weighted by molar-refractivity contribution is 7.90. The highest BCUT2D eigenvalue weighted by atomic mass is 32.2. The van der Waals surface area contributed by atoms with Gasteiger partial charge in [-0.2, -0.15) is 5.26 Å². The highest BCUT2D eigenvalue weighted by Gasteiger charge is 2.41. The molecule has 0 spiro atoms. The van der Waals surface area contributed by atoms with Crippen LogP contribution in [-0.2, 0) is 21.2 Å². The van der Waals surface area contributed by atoms with E-state index in [2.05, 4.69) is 15.6 Å². The Labute approximate surface area is 169 Å². The van der Waals surface area contributed by atoms with E-state index in [-0.39, 0.29) is 4.31 Å². The van der Waals surface area contributed by atoms with Gasteiger partial charge in [0.25, 0.3) is 10.0 Å². The SMILES string of the molecule is N#Cc1cnc2c(c1)CC[C@H]2NC(=O)CN1C(=O)Nc2ccc(F)c(F)c2S1(=O)=O. The van der Waals surface area contributed by atoms with Crippen LogP contribution in [0.4, 0.5) is 19.3 Å². The molecule has 3 amide bonds. The molecule has 2 aliphatic rings. The zero-order chi connectivity index (χ0) is 21.6. The maximum atomic E-state index is 14.1. The smallest absolute Gasteiger partial charge is 0.336 e. The Hall–Kier alpha value is -3.59. The minimum atomic E-state index is -4.79. The van der Waals surface area contributed by atoms with Gasteiger partial charge in [-0.05, 0) is 36.6 Å². The van der Waals surface area contributed by atoms with Gasteiger partial charge >= 0.3 is 6.03 Å². The number of amides is 3. The Morgan fingerprint density at radius 2 is 2.17 bits per heavy atom. The summed E-state index contributed by atoms with van der Waals surface area (Å²) in [5.74, 6) is -3.86. The third-order valence-electron chi connectivity index (χ3n) is 4.85. The summed E-state index contributed by atoms with van der Waals surface area (Å²) in [6.07, 6.45) is 2.40. The molecule has 12 heteroatoms. The number of hydrogen-bond donors (Lipinski definition) is 2. The number of nitrogens with one attached hydrogen (secondary N) is 2. The molecule has 0 saturated heterocycles. The number of nitriles is 1. The summed E-state index contributed by atoms with van der Waals surface area (Å²) in [6, 6.07) is 3.56. The number of hydrogen-bond acceptors (Lipinski definition) is 6. The van der Waals surface area contributed by atoms with Crippen molar-refractivity contribution in [1.82, 2.24) is 14.6 Å². The van der Waals surface area contributed by atoms with Gasteiger partial charge in [-0.1, -0.05) is 0 Å². The first kappa shape index (κ1) is 19.7. The summed E-state index contributed by atoms with van der Waals surface area (Å²) in [5.41, 5.74) is 1.31. The normalized spacial score (nSPS) is 18.8. The number of urea groups is 1. The fourth-order valence-electron chi connectivity index (χ4n) is 3.48. The number of aryl methyl sites for hydroxylation is 1. The van der Waals surface area contributed by atoms with Gasteiger partial charge in [0.1, 0.15) is 17.5 Å². The number of benzene rings is 1. The van der Waals surface area contributed by atoms with Gasteiger partial charge in [0.2, 0.25) is 5.91 Å². The molecule has 0 saturated carbocycles. The number of carbonyl (C=O) groups is 2. The van der Waals surface area contributed by atoms with Gasteiger partial charge in [0.05, 0.1) is 23.0 Å². The number of pyridine rings is 1. The van der Waals surface area contributed by atoms with Crippen molar-refractivity contribution in [2.75, 3.05) is 11.9 Å². The Bertz CT molecular complexity index is 1240. The van der Waals surface area contributed by atoms with Crippen LogP contribution >= 0.6 is 0 Å². The quantitative estimate of drug-likeness (QED) is 0.755. The first-order valence-electron chi connectivity index (χ1n) is 8.72. The lowest BCUT2D eigenvalue weighted by Crippen LogP contribution is -2.49. The van der Waals surface area contributed by atoms with E-state index < -0.39 is 56.8 Å². The Morgan fingerprint density at radius 1 is 1.40 bits per heavy atom. The number of anilines is 1. The van der Waals surface area contributed by atoms with Gasteiger partial charge in [-0.25, -0.2) is 26.3 Å². The number of halogens is 2. The molecule has 0 bridgehead atoms. The molecular weight excluding hydrogens is 420 g/mol. The molecule has 1 atom stereocenters. The Balaban J connectivity index is 1.55. The summed E-state index contributed by atoms with van der Waals surface area (Å²) >= 11 is 0. The minimum Gasteiger partial charge on any atom is -0.346 e. The maximum absolute atomic E-state index is 14.1. The summed E-state index contributed by atoms with van der Waals surface area (Å²) in [4.78, 5) is 27.8. The van der Waals surface area contributed by atoms with Gasteiger partial charge < -0.3 is 10.6 Å². The fraction of sp³-hybridized carbons (Fsp3) is 0.222. The molecule has 1 aromatic heterocycles. The number of carbonyl (C=O) groups excluding carboxylic acids is 2. The molecule has 2 heterocycles. The number of sulfonamides is 1. The number of rotatable bonds is 3. The number of fused-ring (bicyclic) bond motifs is 2. The second-order valence-corrected chi connectivity index (χ2v) is 8.52. The molecule has 1 aromatic carbocycles. The van der Waals surface area contributed by atoms with Crippen LogP contribution in [0.2, 0.25) is 0 Å². The van der Waals surface area contributed by atoms with Crippen molar-refractivity contribution in [3.05, 3.63) is 52.9 Å². The molecule has 154 valence electrons. The van der Waals surface area contributed by atoms with Crippen LogP contribution in [0.15, 0.2) is 29.3 Å². The maximum Gasteiger partial charge on any atom is 0.336 e. The van der Waals surface area contributed by atoms with Crippen LogP contribution in [0.3, 0.4) is 0 Å². The molecular formula is C18H13F2N5O4S.